The second-order valence-corrected chi connectivity index (χ2v) is 4.73. The van der Waals surface area contributed by atoms with Crippen molar-refractivity contribution in [2.45, 2.75) is 24.5 Å². The monoisotopic (exact) mass is 322 g/mol. The average molecular weight is 323 g/mol. The first kappa shape index (κ1) is 13.4. The van der Waals surface area contributed by atoms with Crippen molar-refractivity contribution < 1.29 is 20.1 Å². The van der Waals surface area contributed by atoms with Gasteiger partial charge in [0.05, 0.1) is 11.1 Å². The van der Waals surface area contributed by atoms with E-state index < -0.39 is 42.4 Å². The molecule has 0 saturated carbocycles. The normalized spacial score (nSPS) is 31.8. The molecule has 0 unspecified atom stereocenters. The molecule has 0 aliphatic carbocycles. The molecule has 9 heteroatoms. The Bertz CT molecular complexity index is 555. The van der Waals surface area contributed by atoms with Crippen LogP contribution in [0.3, 0.4) is 0 Å². The zero-order valence-electron chi connectivity index (χ0n) is 8.99. The van der Waals surface area contributed by atoms with E-state index in [4.69, 9.17) is 9.84 Å². The minimum absolute atomic E-state index is 0.0832. The topological polar surface area (TPSA) is 125 Å². The molecular formula is C9H11BrN2O6. The van der Waals surface area contributed by atoms with Crippen LogP contribution < -0.4 is 11.2 Å². The van der Waals surface area contributed by atoms with Crippen LogP contribution in [-0.4, -0.2) is 49.8 Å². The second kappa shape index (κ2) is 4.94. The predicted octanol–water partition coefficient (Wildman–Crippen LogP) is -2.09. The number of nitrogens with one attached hydrogen (secondary N) is 1. The molecule has 2 heterocycles. The van der Waals surface area contributed by atoms with Crippen LogP contribution in [0.4, 0.5) is 0 Å². The summed E-state index contributed by atoms with van der Waals surface area (Å²) in [6.07, 6.45) is -3.68. The third kappa shape index (κ3) is 2.15. The Balaban J connectivity index is 2.42. The number of hydrogen-bond donors (Lipinski definition) is 4. The van der Waals surface area contributed by atoms with Crippen LogP contribution in [0.2, 0.25) is 0 Å². The van der Waals surface area contributed by atoms with Gasteiger partial charge < -0.3 is 20.1 Å². The fourth-order valence-electron chi connectivity index (χ4n) is 1.76. The van der Waals surface area contributed by atoms with Crippen molar-refractivity contribution in [2.24, 2.45) is 0 Å². The maximum Gasteiger partial charge on any atom is 0.330 e. The number of rotatable bonds is 2. The summed E-state index contributed by atoms with van der Waals surface area (Å²) in [7, 11) is 0. The first-order chi connectivity index (χ1) is 8.45. The van der Waals surface area contributed by atoms with E-state index in [9.17, 15) is 19.8 Å². The zero-order chi connectivity index (χ0) is 13.4. The Morgan fingerprint density at radius 3 is 2.61 bits per heavy atom. The molecular weight excluding hydrogens is 312 g/mol. The lowest BCUT2D eigenvalue weighted by Gasteiger charge is -2.17. The lowest BCUT2D eigenvalue weighted by Crippen LogP contribution is -2.38. The number of H-pyrrole nitrogens is 1. The molecule has 2 rings (SSSR count). The standard InChI is InChI=1S/C9H11BrN2O6/c10-3-1-12(9(17)11-7(3)16)8-6(15)5(14)4(2-13)18-8/h1,4-6,8,13-15H,2H2,(H,11,16,17)/t4-,5+,6-,8-/m1/s1. The van der Waals surface area contributed by atoms with Crippen LogP contribution in [0.15, 0.2) is 20.3 Å². The molecule has 1 aliphatic rings. The largest absolute Gasteiger partial charge is 0.394 e. The Kier molecular flexibility index (Phi) is 3.69. The molecule has 1 saturated heterocycles. The zero-order valence-corrected chi connectivity index (χ0v) is 10.6. The van der Waals surface area contributed by atoms with E-state index >= 15 is 0 Å². The number of aromatic nitrogens is 2. The van der Waals surface area contributed by atoms with Crippen LogP contribution in [0, 0.1) is 0 Å². The Labute approximate surface area is 109 Å². The van der Waals surface area contributed by atoms with Gasteiger partial charge in [0, 0.05) is 6.20 Å². The van der Waals surface area contributed by atoms with E-state index in [0.717, 1.165) is 10.8 Å². The van der Waals surface area contributed by atoms with Crippen molar-refractivity contribution >= 4 is 15.9 Å². The summed E-state index contributed by atoms with van der Waals surface area (Å²) in [6.45, 7) is -0.492. The van der Waals surface area contributed by atoms with Crippen LogP contribution in [0.5, 0.6) is 0 Å². The van der Waals surface area contributed by atoms with E-state index in [1.54, 1.807) is 0 Å². The first-order valence-corrected chi connectivity index (χ1v) is 5.88. The number of aromatic amines is 1. The van der Waals surface area contributed by atoms with Gasteiger partial charge in [0.2, 0.25) is 0 Å². The van der Waals surface area contributed by atoms with Crippen LogP contribution in [0.1, 0.15) is 6.23 Å². The summed E-state index contributed by atoms with van der Waals surface area (Å²) in [5.74, 6) is 0. The van der Waals surface area contributed by atoms with Crippen molar-refractivity contribution in [3.05, 3.63) is 31.5 Å². The molecule has 100 valence electrons. The van der Waals surface area contributed by atoms with Gasteiger partial charge in [0.25, 0.3) is 5.56 Å². The van der Waals surface area contributed by atoms with Gasteiger partial charge in [-0.2, -0.15) is 0 Å². The fourth-order valence-corrected chi connectivity index (χ4v) is 2.08. The van der Waals surface area contributed by atoms with Crippen LogP contribution >= 0.6 is 15.9 Å². The molecule has 0 bridgehead atoms. The van der Waals surface area contributed by atoms with Crippen molar-refractivity contribution in [3.8, 4) is 0 Å². The van der Waals surface area contributed by atoms with Gasteiger partial charge >= 0.3 is 5.69 Å². The summed E-state index contributed by atoms with van der Waals surface area (Å²) in [4.78, 5) is 24.8. The van der Waals surface area contributed by atoms with E-state index in [0.29, 0.717) is 0 Å². The number of ether oxygens (including phenoxy) is 1. The Hall–Kier alpha value is -1.00. The lowest BCUT2D eigenvalue weighted by molar-refractivity contribution is -0.0551. The van der Waals surface area contributed by atoms with Gasteiger partial charge in [0.1, 0.15) is 18.3 Å². The van der Waals surface area contributed by atoms with Gasteiger partial charge in [-0.3, -0.25) is 14.3 Å². The molecule has 1 aromatic rings. The highest BCUT2D eigenvalue weighted by Gasteiger charge is 2.43. The molecule has 8 nitrogen and oxygen atoms in total. The number of halogens is 1. The quantitative estimate of drug-likeness (QED) is 0.495. The van der Waals surface area contributed by atoms with Gasteiger partial charge in [0.15, 0.2) is 6.23 Å². The number of aliphatic hydroxyl groups is 3. The summed E-state index contributed by atoms with van der Waals surface area (Å²) < 4.78 is 6.19. The Morgan fingerprint density at radius 1 is 1.39 bits per heavy atom. The molecule has 4 atom stereocenters. The maximum absolute atomic E-state index is 11.6. The fraction of sp³-hybridized carbons (Fsp3) is 0.556. The van der Waals surface area contributed by atoms with Gasteiger partial charge in [-0.15, -0.1) is 0 Å². The second-order valence-electron chi connectivity index (χ2n) is 3.87. The van der Waals surface area contributed by atoms with Crippen molar-refractivity contribution in [3.63, 3.8) is 0 Å². The van der Waals surface area contributed by atoms with Crippen molar-refractivity contribution in [1.29, 1.82) is 0 Å². The summed E-state index contributed by atoms with van der Waals surface area (Å²) in [6, 6.07) is 0. The molecule has 1 aromatic heterocycles. The number of nitrogens with zero attached hydrogens (tertiary/aromatic N) is 1. The van der Waals surface area contributed by atoms with Crippen molar-refractivity contribution in [1.82, 2.24) is 9.55 Å². The van der Waals surface area contributed by atoms with Gasteiger partial charge in [-0.05, 0) is 15.9 Å². The molecule has 0 amide bonds. The number of aliphatic hydroxyl groups excluding tert-OH is 3. The third-order valence-electron chi connectivity index (χ3n) is 2.72. The van der Waals surface area contributed by atoms with E-state index in [2.05, 4.69) is 15.9 Å². The highest BCUT2D eigenvalue weighted by Crippen LogP contribution is 2.28. The minimum Gasteiger partial charge on any atom is -0.394 e. The molecule has 4 N–H and O–H groups in total. The summed E-state index contributed by atoms with van der Waals surface area (Å²) in [5.41, 5.74) is -1.39. The average Bonchev–Trinajstić information content (AvgIpc) is 2.61. The first-order valence-electron chi connectivity index (χ1n) is 5.09. The van der Waals surface area contributed by atoms with Gasteiger partial charge in [-0.1, -0.05) is 0 Å². The maximum atomic E-state index is 11.6. The molecule has 0 radical (unpaired) electrons. The highest BCUT2D eigenvalue weighted by molar-refractivity contribution is 9.10. The van der Waals surface area contributed by atoms with Crippen LogP contribution in [0.25, 0.3) is 0 Å². The number of hydrogen-bond acceptors (Lipinski definition) is 6. The van der Waals surface area contributed by atoms with E-state index in [1.807, 2.05) is 4.98 Å². The SMILES string of the molecule is O=c1[nH]c(=O)n([C@@H]2O[C@H](CO)[C@H](O)[C@H]2O)cc1Br. The smallest absolute Gasteiger partial charge is 0.330 e. The summed E-state index contributed by atoms with van der Waals surface area (Å²) in [5, 5.41) is 28.3. The van der Waals surface area contributed by atoms with E-state index in [-0.39, 0.29) is 4.47 Å². The molecule has 18 heavy (non-hydrogen) atoms. The van der Waals surface area contributed by atoms with Crippen molar-refractivity contribution in [2.75, 3.05) is 6.61 Å². The molecule has 0 aromatic carbocycles. The molecule has 0 spiro atoms. The predicted molar refractivity (Wildman–Crippen MR) is 62.0 cm³/mol. The lowest BCUT2D eigenvalue weighted by atomic mass is 10.1. The summed E-state index contributed by atoms with van der Waals surface area (Å²) >= 11 is 2.94. The van der Waals surface area contributed by atoms with Gasteiger partial charge in [-0.25, -0.2) is 4.79 Å². The molecule has 1 aliphatic heterocycles. The molecule has 1 fully saturated rings. The highest BCUT2D eigenvalue weighted by atomic mass is 79.9. The van der Waals surface area contributed by atoms with E-state index in [1.165, 1.54) is 0 Å². The third-order valence-corrected chi connectivity index (χ3v) is 3.28. The minimum atomic E-state index is -1.38. The van der Waals surface area contributed by atoms with Crippen LogP contribution in [-0.2, 0) is 4.74 Å². The Morgan fingerprint density at radius 2 is 2.06 bits per heavy atom.